The van der Waals surface area contributed by atoms with Gasteiger partial charge in [-0.25, -0.2) is 4.39 Å². The van der Waals surface area contributed by atoms with E-state index in [0.29, 0.717) is 41.4 Å². The second kappa shape index (κ2) is 6.74. The zero-order valence-electron chi connectivity index (χ0n) is 13.5. The van der Waals surface area contributed by atoms with E-state index in [9.17, 15) is 9.18 Å². The molecular weight excluding hydrogens is 311 g/mol. The van der Waals surface area contributed by atoms with E-state index in [0.717, 1.165) is 5.56 Å². The first-order valence-electron chi connectivity index (χ1n) is 7.52. The zero-order valence-corrected chi connectivity index (χ0v) is 13.5. The Hall–Kier alpha value is -2.82. The van der Waals surface area contributed by atoms with E-state index in [2.05, 4.69) is 0 Å². The molecule has 0 bridgehead atoms. The van der Waals surface area contributed by atoms with E-state index >= 15 is 0 Å². The van der Waals surface area contributed by atoms with Crippen LogP contribution in [-0.4, -0.2) is 26.6 Å². The van der Waals surface area contributed by atoms with Gasteiger partial charge in [0.2, 0.25) is 0 Å². The van der Waals surface area contributed by atoms with Crippen molar-refractivity contribution in [2.24, 2.45) is 0 Å². The van der Waals surface area contributed by atoms with Crippen molar-refractivity contribution in [3.63, 3.8) is 0 Å². The minimum Gasteiger partial charge on any atom is -0.496 e. The maximum atomic E-state index is 13.0. The summed E-state index contributed by atoms with van der Waals surface area (Å²) in [6.45, 7) is 0.363. The largest absolute Gasteiger partial charge is 0.496 e. The lowest BCUT2D eigenvalue weighted by atomic mass is 9.98. The van der Waals surface area contributed by atoms with E-state index < -0.39 is 0 Å². The van der Waals surface area contributed by atoms with Crippen LogP contribution in [0.5, 0.6) is 17.2 Å². The van der Waals surface area contributed by atoms with Crippen molar-refractivity contribution in [2.75, 3.05) is 20.8 Å². The van der Waals surface area contributed by atoms with Gasteiger partial charge in [0.25, 0.3) is 0 Å². The fraction of sp³-hybridized carbons (Fsp3) is 0.211. The lowest BCUT2D eigenvalue weighted by Gasteiger charge is -2.12. The summed E-state index contributed by atoms with van der Waals surface area (Å²) in [5.74, 6) is 0.933. The SMILES string of the molecule is COc1cc(OC)c2c(c1)OCC/C(=C\c1ccc(F)cc1)C2=O. The molecule has 0 N–H and O–H groups in total. The zero-order chi connectivity index (χ0) is 17.1. The second-order valence-electron chi connectivity index (χ2n) is 5.35. The Kier molecular flexibility index (Phi) is 4.51. The van der Waals surface area contributed by atoms with Crippen molar-refractivity contribution in [1.82, 2.24) is 0 Å². The van der Waals surface area contributed by atoms with E-state index in [4.69, 9.17) is 14.2 Å². The summed E-state index contributed by atoms with van der Waals surface area (Å²) >= 11 is 0. The van der Waals surface area contributed by atoms with Crippen molar-refractivity contribution in [1.29, 1.82) is 0 Å². The smallest absolute Gasteiger partial charge is 0.196 e. The molecule has 5 heteroatoms. The first kappa shape index (κ1) is 16.1. The maximum absolute atomic E-state index is 13.0. The molecule has 3 rings (SSSR count). The van der Waals surface area contributed by atoms with Gasteiger partial charge in [0.05, 0.1) is 20.8 Å². The molecule has 0 amide bonds. The molecule has 0 unspecified atom stereocenters. The molecular formula is C19H17FO4. The summed E-state index contributed by atoms with van der Waals surface area (Å²) in [5, 5.41) is 0. The van der Waals surface area contributed by atoms with Gasteiger partial charge in [-0.3, -0.25) is 4.79 Å². The van der Waals surface area contributed by atoms with Gasteiger partial charge in [0.1, 0.15) is 28.6 Å². The highest BCUT2D eigenvalue weighted by atomic mass is 19.1. The Morgan fingerprint density at radius 2 is 1.88 bits per heavy atom. The number of Topliss-reactive ketones (excluding diaryl/α,β-unsaturated/α-hetero) is 1. The molecule has 0 radical (unpaired) electrons. The normalized spacial score (nSPS) is 15.5. The van der Waals surface area contributed by atoms with E-state index in [-0.39, 0.29) is 11.6 Å². The number of fused-ring (bicyclic) bond motifs is 1. The predicted octanol–water partition coefficient (Wildman–Crippen LogP) is 3.89. The molecule has 0 spiro atoms. The van der Waals surface area contributed by atoms with Gasteiger partial charge >= 0.3 is 0 Å². The van der Waals surface area contributed by atoms with Crippen LogP contribution in [0.4, 0.5) is 4.39 Å². The van der Waals surface area contributed by atoms with Gasteiger partial charge in [-0.1, -0.05) is 12.1 Å². The van der Waals surface area contributed by atoms with Crippen LogP contribution in [0.15, 0.2) is 42.0 Å². The minimum absolute atomic E-state index is 0.161. The average Bonchev–Trinajstić information content (AvgIpc) is 2.75. The number of rotatable bonds is 3. The lowest BCUT2D eigenvalue weighted by molar-refractivity contribution is 0.103. The Morgan fingerprint density at radius 1 is 1.12 bits per heavy atom. The molecule has 24 heavy (non-hydrogen) atoms. The maximum Gasteiger partial charge on any atom is 0.196 e. The third-order valence-electron chi connectivity index (χ3n) is 3.85. The lowest BCUT2D eigenvalue weighted by Crippen LogP contribution is -2.05. The van der Waals surface area contributed by atoms with Crippen molar-refractivity contribution < 1.29 is 23.4 Å². The number of carbonyl (C=O) groups excluding carboxylic acids is 1. The van der Waals surface area contributed by atoms with Gasteiger partial charge in [0.15, 0.2) is 5.78 Å². The van der Waals surface area contributed by atoms with Crippen molar-refractivity contribution in [3.8, 4) is 17.2 Å². The standard InChI is InChI=1S/C19H17FO4/c1-22-15-10-16(23-2)18-17(11-15)24-8-7-13(19(18)21)9-12-3-5-14(20)6-4-12/h3-6,9-11H,7-8H2,1-2H3/b13-9+. The third-order valence-corrected chi connectivity index (χ3v) is 3.85. The summed E-state index contributed by atoms with van der Waals surface area (Å²) in [6.07, 6.45) is 2.21. The van der Waals surface area contributed by atoms with Crippen molar-refractivity contribution in [3.05, 3.63) is 58.9 Å². The summed E-state index contributed by atoms with van der Waals surface area (Å²) in [6, 6.07) is 9.32. The van der Waals surface area contributed by atoms with Gasteiger partial charge in [-0.05, 0) is 23.8 Å². The molecule has 0 fully saturated rings. The Bertz CT molecular complexity index is 794. The number of ether oxygens (including phenoxy) is 3. The molecule has 2 aromatic carbocycles. The second-order valence-corrected chi connectivity index (χ2v) is 5.35. The predicted molar refractivity (Wildman–Crippen MR) is 88.4 cm³/mol. The minimum atomic E-state index is -0.313. The molecule has 0 atom stereocenters. The Morgan fingerprint density at radius 3 is 2.54 bits per heavy atom. The van der Waals surface area contributed by atoms with Gasteiger partial charge in [-0.2, -0.15) is 0 Å². The quantitative estimate of drug-likeness (QED) is 0.802. The fourth-order valence-electron chi connectivity index (χ4n) is 2.63. The van der Waals surface area contributed by atoms with Crippen LogP contribution in [0.2, 0.25) is 0 Å². The molecule has 0 saturated carbocycles. The van der Waals surface area contributed by atoms with Crippen LogP contribution in [0.1, 0.15) is 22.3 Å². The van der Waals surface area contributed by atoms with Gasteiger partial charge < -0.3 is 14.2 Å². The molecule has 0 saturated heterocycles. The topological polar surface area (TPSA) is 44.8 Å². The van der Waals surface area contributed by atoms with Crippen LogP contribution in [-0.2, 0) is 0 Å². The van der Waals surface area contributed by atoms with Gasteiger partial charge in [0, 0.05) is 24.1 Å². The number of hydrogen-bond donors (Lipinski definition) is 0. The summed E-state index contributed by atoms with van der Waals surface area (Å²) in [4.78, 5) is 12.9. The highest BCUT2D eigenvalue weighted by Gasteiger charge is 2.26. The molecule has 0 aromatic heterocycles. The van der Waals surface area contributed by atoms with Crippen molar-refractivity contribution in [2.45, 2.75) is 6.42 Å². The summed E-state index contributed by atoms with van der Waals surface area (Å²) in [7, 11) is 3.04. The number of hydrogen-bond acceptors (Lipinski definition) is 4. The number of methoxy groups -OCH3 is 2. The number of halogens is 1. The van der Waals surface area contributed by atoms with Crippen molar-refractivity contribution >= 4 is 11.9 Å². The third kappa shape index (κ3) is 3.11. The number of benzene rings is 2. The summed E-state index contributed by atoms with van der Waals surface area (Å²) in [5.41, 5.74) is 1.73. The monoisotopic (exact) mass is 328 g/mol. The number of ketones is 1. The summed E-state index contributed by atoms with van der Waals surface area (Å²) < 4.78 is 29.3. The van der Waals surface area contributed by atoms with Crippen LogP contribution >= 0.6 is 0 Å². The van der Waals surface area contributed by atoms with E-state index in [1.807, 2.05) is 0 Å². The molecule has 0 aliphatic carbocycles. The van der Waals surface area contributed by atoms with Crippen LogP contribution in [0.3, 0.4) is 0 Å². The highest BCUT2D eigenvalue weighted by Crippen LogP contribution is 2.38. The van der Waals surface area contributed by atoms with Crippen LogP contribution in [0.25, 0.3) is 6.08 Å². The highest BCUT2D eigenvalue weighted by molar-refractivity contribution is 6.15. The van der Waals surface area contributed by atoms with Gasteiger partial charge in [-0.15, -0.1) is 0 Å². The molecule has 1 aliphatic rings. The molecule has 1 heterocycles. The fourth-order valence-corrected chi connectivity index (χ4v) is 2.63. The number of carbonyl (C=O) groups is 1. The molecule has 124 valence electrons. The Balaban J connectivity index is 2.05. The Labute approximate surface area is 139 Å². The first-order valence-corrected chi connectivity index (χ1v) is 7.52. The van der Waals surface area contributed by atoms with Crippen LogP contribution < -0.4 is 14.2 Å². The van der Waals surface area contributed by atoms with E-state index in [1.165, 1.54) is 19.2 Å². The molecule has 4 nitrogen and oxygen atoms in total. The average molecular weight is 328 g/mol. The first-order chi connectivity index (χ1) is 11.6. The molecule has 1 aliphatic heterocycles. The molecule has 2 aromatic rings. The van der Waals surface area contributed by atoms with Crippen LogP contribution in [0, 0.1) is 5.82 Å². The van der Waals surface area contributed by atoms with E-state index in [1.54, 1.807) is 37.5 Å².